The Morgan fingerprint density at radius 2 is 1.51 bits per heavy atom. The minimum absolute atomic E-state index is 0.0890. The number of hydrogen-bond donors (Lipinski definition) is 1. The number of morpholine rings is 1. The van der Waals surface area contributed by atoms with Crippen molar-refractivity contribution in [3.63, 3.8) is 0 Å². The highest BCUT2D eigenvalue weighted by Crippen LogP contribution is 2.66. The molecule has 0 radical (unpaired) electrons. The zero-order chi connectivity index (χ0) is 36.0. The maximum Gasteiger partial charge on any atom is 0.258 e. The van der Waals surface area contributed by atoms with Crippen molar-refractivity contribution in [3.05, 3.63) is 87.3 Å². The van der Waals surface area contributed by atoms with Gasteiger partial charge >= 0.3 is 0 Å². The summed E-state index contributed by atoms with van der Waals surface area (Å²) in [6.45, 7) is 2.69. The minimum atomic E-state index is -2.11. The highest BCUT2D eigenvalue weighted by molar-refractivity contribution is 14.1. The molecule has 8 rings (SSSR count). The number of phenolic OH excluding ortho intramolecular Hbond substituents is 1. The SMILES string of the molecule is COc1cc(C2C3=CCC4C(=O)N(c5ccc(N6CCOCC6)cc5)C(=O)C4C3CC3(Cl)C(=O)N(c4ccc(F)cc4)C(=O)C23Cl)cc(I)c1O. The Bertz CT molecular complexity index is 2030. The highest BCUT2D eigenvalue weighted by Gasteiger charge is 2.76. The number of rotatable bonds is 5. The normalized spacial score (nSPS) is 30.3. The zero-order valence-electron chi connectivity index (χ0n) is 27.2. The fourth-order valence-electron chi connectivity index (χ4n) is 8.58. The number of methoxy groups -OCH3 is 1. The lowest BCUT2D eigenvalue weighted by Gasteiger charge is -2.50. The van der Waals surface area contributed by atoms with Gasteiger partial charge in [-0.15, -0.1) is 23.2 Å². The second-order valence-corrected chi connectivity index (χ2v) is 15.8. The predicted molar refractivity (Wildman–Crippen MR) is 196 cm³/mol. The van der Waals surface area contributed by atoms with E-state index in [9.17, 15) is 28.7 Å². The maximum atomic E-state index is 14.6. The van der Waals surface area contributed by atoms with E-state index in [0.717, 1.165) is 35.8 Å². The second kappa shape index (κ2) is 12.5. The molecule has 3 aliphatic heterocycles. The molecule has 51 heavy (non-hydrogen) atoms. The number of amides is 4. The van der Waals surface area contributed by atoms with Gasteiger partial charge in [0.15, 0.2) is 21.2 Å². The Balaban J connectivity index is 1.23. The molecule has 0 bridgehead atoms. The van der Waals surface area contributed by atoms with Crippen molar-refractivity contribution in [1.29, 1.82) is 0 Å². The van der Waals surface area contributed by atoms with Gasteiger partial charge < -0.3 is 19.5 Å². The van der Waals surface area contributed by atoms with E-state index in [2.05, 4.69) is 4.90 Å². The van der Waals surface area contributed by atoms with Crippen molar-refractivity contribution in [3.8, 4) is 11.5 Å². The third-order valence-corrected chi connectivity index (χ3v) is 13.2. The van der Waals surface area contributed by atoms with Crippen molar-refractivity contribution < 1.29 is 38.1 Å². The number of nitrogens with zero attached hydrogens (tertiary/aromatic N) is 3. The molecule has 3 aromatic carbocycles. The summed E-state index contributed by atoms with van der Waals surface area (Å²) in [5.41, 5.74) is 2.50. The number of allylic oxidation sites excluding steroid dienone is 2. The van der Waals surface area contributed by atoms with Crippen LogP contribution >= 0.6 is 45.8 Å². The molecule has 4 fully saturated rings. The quantitative estimate of drug-likeness (QED) is 0.150. The van der Waals surface area contributed by atoms with E-state index in [0.29, 0.717) is 33.6 Å². The van der Waals surface area contributed by atoms with Crippen LogP contribution in [-0.4, -0.2) is 71.9 Å². The Hall–Kier alpha value is -3.72. The van der Waals surface area contributed by atoms with Crippen LogP contribution in [0.3, 0.4) is 0 Å². The van der Waals surface area contributed by atoms with Crippen molar-refractivity contribution in [2.75, 3.05) is 48.1 Å². The van der Waals surface area contributed by atoms with Gasteiger partial charge in [0.05, 0.1) is 47.1 Å². The second-order valence-electron chi connectivity index (χ2n) is 13.4. The van der Waals surface area contributed by atoms with Crippen LogP contribution in [0, 0.1) is 27.1 Å². The molecule has 0 aromatic heterocycles. The smallest absolute Gasteiger partial charge is 0.258 e. The van der Waals surface area contributed by atoms with Crippen LogP contribution in [0.2, 0.25) is 0 Å². The zero-order valence-corrected chi connectivity index (χ0v) is 30.8. The molecule has 5 aliphatic rings. The van der Waals surface area contributed by atoms with Crippen LogP contribution in [-0.2, 0) is 23.9 Å². The Kier molecular flexibility index (Phi) is 8.39. The average molecular weight is 846 g/mol. The molecule has 3 saturated heterocycles. The van der Waals surface area contributed by atoms with E-state index in [4.69, 9.17) is 32.7 Å². The van der Waals surface area contributed by atoms with E-state index in [-0.39, 0.29) is 35.9 Å². The van der Waals surface area contributed by atoms with E-state index in [1.165, 1.54) is 24.1 Å². The van der Waals surface area contributed by atoms with Gasteiger partial charge in [-0.2, -0.15) is 0 Å². The summed E-state index contributed by atoms with van der Waals surface area (Å²) in [6, 6.07) is 15.3. The van der Waals surface area contributed by atoms with Crippen molar-refractivity contribution >= 4 is 86.5 Å². The van der Waals surface area contributed by atoms with Crippen LogP contribution < -0.4 is 19.4 Å². The number of aromatic hydroxyl groups is 1. The number of phenols is 1. The fraction of sp³-hybridized carbons (Fsp3) is 0.351. The van der Waals surface area contributed by atoms with Gasteiger partial charge in [0, 0.05) is 24.7 Å². The standard InChI is InChI=1S/C37H31Cl2FIN3O7/c1-50-28-17-19(16-27(41)31(28)45)30-24-10-11-25-29(33(47)43(32(25)46)22-8-6-21(7-9-22)42-12-14-51-15-13-42)26(24)18-36(38)34(48)44(35(49)37(30,36)39)23-4-2-20(40)3-5-23/h2-10,16-17,25-26,29-30,45H,11-15,18H2,1H3. The maximum absolute atomic E-state index is 14.6. The van der Waals surface area contributed by atoms with E-state index in [1.807, 2.05) is 40.8 Å². The number of alkyl halides is 2. The van der Waals surface area contributed by atoms with Crippen LogP contribution in [0.5, 0.6) is 11.5 Å². The van der Waals surface area contributed by atoms with E-state index >= 15 is 0 Å². The highest BCUT2D eigenvalue weighted by atomic mass is 127. The first-order valence-electron chi connectivity index (χ1n) is 16.5. The number of benzene rings is 3. The molecule has 4 amide bonds. The largest absolute Gasteiger partial charge is 0.504 e. The molecule has 0 spiro atoms. The summed E-state index contributed by atoms with van der Waals surface area (Å²) in [7, 11) is 1.39. The number of carbonyl (C=O) groups is 4. The lowest BCUT2D eigenvalue weighted by Crippen LogP contribution is -2.60. The number of imide groups is 2. The third-order valence-electron chi connectivity index (χ3n) is 11.0. The van der Waals surface area contributed by atoms with E-state index in [1.54, 1.807) is 24.3 Å². The molecule has 3 aromatic rings. The molecule has 264 valence electrons. The molecule has 3 heterocycles. The first-order valence-corrected chi connectivity index (χ1v) is 18.3. The molecular formula is C37H31Cl2FIN3O7. The van der Waals surface area contributed by atoms with Gasteiger partial charge in [0.2, 0.25) is 11.8 Å². The molecule has 1 N–H and O–H groups in total. The molecule has 10 nitrogen and oxygen atoms in total. The first kappa shape index (κ1) is 34.4. The Morgan fingerprint density at radius 3 is 2.18 bits per heavy atom. The first-order chi connectivity index (χ1) is 24.4. The van der Waals surface area contributed by atoms with Gasteiger partial charge in [0.1, 0.15) is 5.82 Å². The number of hydrogen-bond acceptors (Lipinski definition) is 8. The summed E-state index contributed by atoms with van der Waals surface area (Å²) in [5.74, 6) is -6.43. The van der Waals surface area contributed by atoms with Crippen LogP contribution in [0.15, 0.2) is 72.3 Å². The van der Waals surface area contributed by atoms with Crippen LogP contribution in [0.1, 0.15) is 24.3 Å². The van der Waals surface area contributed by atoms with Gasteiger partial charge in [-0.25, -0.2) is 9.29 Å². The molecular weight excluding hydrogens is 815 g/mol. The van der Waals surface area contributed by atoms with Crippen molar-refractivity contribution in [1.82, 2.24) is 0 Å². The summed E-state index contributed by atoms with van der Waals surface area (Å²) in [6.07, 6.45) is 1.83. The Labute approximate surface area is 316 Å². The number of anilines is 3. The summed E-state index contributed by atoms with van der Waals surface area (Å²) >= 11 is 16.9. The number of halogens is 4. The summed E-state index contributed by atoms with van der Waals surface area (Å²) in [5, 5.41) is 10.7. The minimum Gasteiger partial charge on any atom is -0.504 e. The van der Waals surface area contributed by atoms with Crippen LogP contribution in [0.4, 0.5) is 21.5 Å². The predicted octanol–water partition coefficient (Wildman–Crippen LogP) is 5.75. The Morgan fingerprint density at radius 1 is 0.882 bits per heavy atom. The van der Waals surface area contributed by atoms with Gasteiger partial charge in [-0.1, -0.05) is 11.6 Å². The fourth-order valence-corrected chi connectivity index (χ4v) is 10.1. The van der Waals surface area contributed by atoms with E-state index < -0.39 is 57.0 Å². The monoisotopic (exact) mass is 845 g/mol. The number of ether oxygens (including phenoxy) is 2. The topological polar surface area (TPSA) is 117 Å². The molecule has 14 heteroatoms. The summed E-state index contributed by atoms with van der Waals surface area (Å²) < 4.78 is 25.3. The van der Waals surface area contributed by atoms with Gasteiger partial charge in [-0.3, -0.25) is 24.1 Å². The number of carbonyl (C=O) groups excluding carboxylic acids is 4. The third kappa shape index (κ3) is 4.96. The van der Waals surface area contributed by atoms with Gasteiger partial charge in [0.25, 0.3) is 11.8 Å². The lowest BCUT2D eigenvalue weighted by atomic mass is 9.56. The molecule has 6 unspecified atom stereocenters. The van der Waals surface area contributed by atoms with Crippen molar-refractivity contribution in [2.45, 2.75) is 28.5 Å². The molecule has 2 aliphatic carbocycles. The van der Waals surface area contributed by atoms with Crippen LogP contribution in [0.25, 0.3) is 0 Å². The number of fused-ring (bicyclic) bond motifs is 4. The summed E-state index contributed by atoms with van der Waals surface area (Å²) in [4.78, 5) is 57.7. The average Bonchev–Trinajstić information content (AvgIpc) is 3.47. The molecule has 1 saturated carbocycles. The lowest BCUT2D eigenvalue weighted by molar-refractivity contribution is -0.125. The van der Waals surface area contributed by atoms with Crippen molar-refractivity contribution in [2.24, 2.45) is 17.8 Å². The van der Waals surface area contributed by atoms with Gasteiger partial charge in [-0.05, 0) is 108 Å². The molecule has 6 atom stereocenters.